The van der Waals surface area contributed by atoms with E-state index in [1.54, 1.807) is 12.1 Å². The monoisotopic (exact) mass is 342 g/mol. The third kappa shape index (κ3) is 3.12. The number of rotatable bonds is 6. The molecule has 1 aromatic rings. The van der Waals surface area contributed by atoms with E-state index < -0.39 is 0 Å². The Morgan fingerprint density at radius 3 is 2.20 bits per heavy atom. The molecule has 0 aromatic heterocycles. The van der Waals surface area contributed by atoms with Gasteiger partial charge >= 0.3 is 5.97 Å². The lowest BCUT2D eigenvalue weighted by atomic mass is 9.50. The first-order chi connectivity index (χ1) is 12.2. The Morgan fingerprint density at radius 1 is 1.08 bits per heavy atom. The lowest BCUT2D eigenvalue weighted by Gasteiger charge is -2.56. The third-order valence-electron chi connectivity index (χ3n) is 6.65. The van der Waals surface area contributed by atoms with Crippen molar-refractivity contribution in [1.82, 2.24) is 0 Å². The van der Waals surface area contributed by atoms with Crippen molar-refractivity contribution < 1.29 is 19.1 Å². The van der Waals surface area contributed by atoms with Gasteiger partial charge in [-0.3, -0.25) is 0 Å². The zero-order valence-electron chi connectivity index (χ0n) is 14.7. The Kier molecular flexibility index (Phi) is 4.63. The molecule has 4 aliphatic carbocycles. The molecule has 1 unspecified atom stereocenters. The summed E-state index contributed by atoms with van der Waals surface area (Å²) in [5.41, 5.74) is 1.62. The van der Waals surface area contributed by atoms with Crippen LogP contribution in [0.5, 0.6) is 0 Å². The Morgan fingerprint density at radius 2 is 1.68 bits per heavy atom. The van der Waals surface area contributed by atoms with E-state index in [2.05, 4.69) is 0 Å². The molecule has 0 radical (unpaired) electrons. The fourth-order valence-corrected chi connectivity index (χ4v) is 5.96. The highest BCUT2D eigenvalue weighted by atomic mass is 16.5. The molecule has 134 valence electrons. The molecule has 5 rings (SSSR count). The first kappa shape index (κ1) is 16.8. The number of carbonyl (C=O) groups is 2. The highest BCUT2D eigenvalue weighted by molar-refractivity contribution is 5.89. The highest BCUT2D eigenvalue weighted by Gasteiger charge is 2.51. The Labute approximate surface area is 148 Å². The fraction of sp³-hybridized carbons (Fsp3) is 0.619. The van der Waals surface area contributed by atoms with Crippen LogP contribution in [0.15, 0.2) is 24.3 Å². The predicted molar refractivity (Wildman–Crippen MR) is 93.1 cm³/mol. The van der Waals surface area contributed by atoms with Gasteiger partial charge in [0.15, 0.2) is 0 Å². The second-order valence-corrected chi connectivity index (χ2v) is 8.04. The normalized spacial score (nSPS) is 33.9. The summed E-state index contributed by atoms with van der Waals surface area (Å²) in [6, 6.07) is 7.53. The Bertz CT molecular complexity index is 608. The first-order valence-corrected chi connectivity index (χ1v) is 9.43. The SMILES string of the molecule is COC(=O)c1ccc(C(OCC=O)C2C3CC4CC(C3)CC2C4)cc1. The third-order valence-corrected chi connectivity index (χ3v) is 6.65. The molecular weight excluding hydrogens is 316 g/mol. The number of methoxy groups -OCH3 is 1. The molecule has 4 bridgehead atoms. The van der Waals surface area contributed by atoms with Crippen molar-refractivity contribution in [3.63, 3.8) is 0 Å². The summed E-state index contributed by atoms with van der Waals surface area (Å²) in [5.74, 6) is 3.42. The number of benzene rings is 1. The molecular formula is C21H26O4. The minimum atomic E-state index is -0.327. The van der Waals surface area contributed by atoms with Crippen molar-refractivity contribution in [3.8, 4) is 0 Å². The van der Waals surface area contributed by atoms with Crippen LogP contribution in [0.2, 0.25) is 0 Å². The average Bonchev–Trinajstić information content (AvgIpc) is 2.63. The van der Waals surface area contributed by atoms with Crippen molar-refractivity contribution in [2.24, 2.45) is 29.6 Å². The maximum absolute atomic E-state index is 11.7. The van der Waals surface area contributed by atoms with Gasteiger partial charge in [-0.2, -0.15) is 0 Å². The maximum Gasteiger partial charge on any atom is 0.337 e. The summed E-state index contributed by atoms with van der Waals surface area (Å²) < 4.78 is 10.8. The molecule has 0 spiro atoms. The van der Waals surface area contributed by atoms with Gasteiger partial charge in [0, 0.05) is 0 Å². The molecule has 0 amide bonds. The second-order valence-electron chi connectivity index (χ2n) is 8.04. The summed E-state index contributed by atoms with van der Waals surface area (Å²) >= 11 is 0. The van der Waals surface area contributed by atoms with E-state index >= 15 is 0 Å². The van der Waals surface area contributed by atoms with Gasteiger partial charge in [0.05, 0.1) is 18.8 Å². The standard InChI is InChI=1S/C21H26O4/c1-24-21(23)16-4-2-15(3-5-16)20(25-7-6-22)19-17-9-13-8-14(11-17)12-18(19)10-13/h2-6,13-14,17-20H,7-12H2,1H3. The minimum Gasteiger partial charge on any atom is -0.465 e. The van der Waals surface area contributed by atoms with Gasteiger partial charge in [-0.15, -0.1) is 0 Å². The molecule has 0 heterocycles. The molecule has 25 heavy (non-hydrogen) atoms. The molecule has 0 aliphatic heterocycles. The van der Waals surface area contributed by atoms with Crippen LogP contribution in [0.25, 0.3) is 0 Å². The van der Waals surface area contributed by atoms with E-state index in [0.29, 0.717) is 23.3 Å². The fourth-order valence-electron chi connectivity index (χ4n) is 5.96. The van der Waals surface area contributed by atoms with Gasteiger partial charge in [0.1, 0.15) is 12.9 Å². The first-order valence-electron chi connectivity index (χ1n) is 9.43. The zero-order valence-corrected chi connectivity index (χ0v) is 14.7. The Balaban J connectivity index is 1.60. The van der Waals surface area contributed by atoms with Crippen molar-refractivity contribution in [3.05, 3.63) is 35.4 Å². The maximum atomic E-state index is 11.7. The number of hydrogen-bond donors (Lipinski definition) is 0. The molecule has 4 fully saturated rings. The van der Waals surface area contributed by atoms with E-state index in [1.165, 1.54) is 39.2 Å². The molecule has 1 atom stereocenters. The average molecular weight is 342 g/mol. The van der Waals surface area contributed by atoms with Gasteiger partial charge in [0.2, 0.25) is 0 Å². The molecule has 4 heteroatoms. The number of aldehydes is 1. The van der Waals surface area contributed by atoms with Gasteiger partial charge in [0.25, 0.3) is 0 Å². The topological polar surface area (TPSA) is 52.6 Å². The van der Waals surface area contributed by atoms with Crippen LogP contribution in [-0.4, -0.2) is 26.0 Å². The lowest BCUT2D eigenvalue weighted by Crippen LogP contribution is -2.47. The van der Waals surface area contributed by atoms with Gasteiger partial charge in [-0.25, -0.2) is 4.79 Å². The van der Waals surface area contributed by atoms with E-state index in [1.807, 2.05) is 12.1 Å². The van der Waals surface area contributed by atoms with E-state index in [-0.39, 0.29) is 18.7 Å². The molecule has 4 saturated carbocycles. The zero-order chi connectivity index (χ0) is 17.4. The minimum absolute atomic E-state index is 0.0492. The summed E-state index contributed by atoms with van der Waals surface area (Å²) in [6.07, 6.45) is 7.49. The molecule has 4 aliphatic rings. The number of carbonyl (C=O) groups excluding carboxylic acids is 2. The Hall–Kier alpha value is -1.68. The smallest absolute Gasteiger partial charge is 0.337 e. The second kappa shape index (κ2) is 6.91. The number of hydrogen-bond acceptors (Lipinski definition) is 4. The summed E-state index contributed by atoms with van der Waals surface area (Å²) in [7, 11) is 1.39. The largest absolute Gasteiger partial charge is 0.465 e. The van der Waals surface area contributed by atoms with Gasteiger partial charge in [-0.05, 0) is 79.4 Å². The van der Waals surface area contributed by atoms with Crippen LogP contribution in [-0.2, 0) is 14.3 Å². The highest BCUT2D eigenvalue weighted by Crippen LogP contribution is 2.59. The van der Waals surface area contributed by atoms with Crippen LogP contribution in [0.4, 0.5) is 0 Å². The quantitative estimate of drug-likeness (QED) is 0.583. The van der Waals surface area contributed by atoms with Crippen LogP contribution in [0.1, 0.15) is 54.1 Å². The van der Waals surface area contributed by atoms with E-state index in [4.69, 9.17) is 9.47 Å². The van der Waals surface area contributed by atoms with E-state index in [9.17, 15) is 9.59 Å². The summed E-state index contributed by atoms with van der Waals surface area (Å²) in [4.78, 5) is 22.6. The number of ether oxygens (including phenoxy) is 2. The van der Waals surface area contributed by atoms with Gasteiger partial charge < -0.3 is 14.3 Å². The van der Waals surface area contributed by atoms with Crippen molar-refractivity contribution in [2.45, 2.75) is 38.2 Å². The van der Waals surface area contributed by atoms with Crippen LogP contribution < -0.4 is 0 Å². The summed E-state index contributed by atoms with van der Waals surface area (Å²) in [5, 5.41) is 0. The van der Waals surface area contributed by atoms with Crippen molar-refractivity contribution in [1.29, 1.82) is 0 Å². The molecule has 4 nitrogen and oxygen atoms in total. The van der Waals surface area contributed by atoms with Crippen molar-refractivity contribution >= 4 is 12.3 Å². The van der Waals surface area contributed by atoms with Crippen LogP contribution in [0.3, 0.4) is 0 Å². The van der Waals surface area contributed by atoms with Crippen LogP contribution in [0, 0.1) is 29.6 Å². The lowest BCUT2D eigenvalue weighted by molar-refractivity contribution is -0.129. The van der Waals surface area contributed by atoms with Crippen molar-refractivity contribution in [2.75, 3.05) is 13.7 Å². The van der Waals surface area contributed by atoms with Gasteiger partial charge in [-0.1, -0.05) is 12.1 Å². The summed E-state index contributed by atoms with van der Waals surface area (Å²) in [6.45, 7) is 0.131. The number of esters is 1. The molecule has 1 aromatic carbocycles. The van der Waals surface area contributed by atoms with E-state index in [0.717, 1.165) is 23.7 Å². The molecule has 0 N–H and O–H groups in total. The van der Waals surface area contributed by atoms with Crippen LogP contribution >= 0.6 is 0 Å². The predicted octanol–water partition coefficient (Wildman–Crippen LogP) is 3.80. The molecule has 0 saturated heterocycles.